The summed E-state index contributed by atoms with van der Waals surface area (Å²) in [5, 5.41) is 3.11. The van der Waals surface area contributed by atoms with Crippen molar-refractivity contribution in [3.05, 3.63) is 47.3 Å². The second-order valence-corrected chi connectivity index (χ2v) is 6.66. The number of aryl methyl sites for hydroxylation is 1. The number of nitrogens with zero attached hydrogens (tertiary/aromatic N) is 2. The molecule has 5 heteroatoms. The van der Waals surface area contributed by atoms with Crippen LogP contribution in [0.2, 0.25) is 0 Å². The number of nitrogens with one attached hydrogen (secondary N) is 2. The van der Waals surface area contributed by atoms with Crippen LogP contribution in [0.5, 0.6) is 0 Å². The summed E-state index contributed by atoms with van der Waals surface area (Å²) in [6.07, 6.45) is 6.03. The largest absolute Gasteiger partial charge is 0.349 e. The molecule has 0 aliphatic heterocycles. The lowest BCUT2D eigenvalue weighted by molar-refractivity contribution is -0.126. The number of aromatic nitrogens is 3. The molecule has 2 aromatic rings. The summed E-state index contributed by atoms with van der Waals surface area (Å²) < 4.78 is 0. The highest BCUT2D eigenvalue weighted by atomic mass is 16.1. The normalized spacial score (nSPS) is 18.5. The number of hydrogen-bond donors (Lipinski definition) is 2. The van der Waals surface area contributed by atoms with E-state index in [1.165, 1.54) is 0 Å². The van der Waals surface area contributed by atoms with E-state index in [1.54, 1.807) is 12.4 Å². The van der Waals surface area contributed by atoms with E-state index in [1.807, 2.05) is 19.1 Å². The third-order valence-corrected chi connectivity index (χ3v) is 4.52. The van der Waals surface area contributed by atoms with Crippen LogP contribution >= 0.6 is 0 Å². The molecule has 0 unspecified atom stereocenters. The van der Waals surface area contributed by atoms with Gasteiger partial charge in [-0.25, -0.2) is 4.98 Å². The lowest BCUT2D eigenvalue weighted by Gasteiger charge is -2.23. The Balaban J connectivity index is 1.65. The molecular weight excluding hydrogens is 288 g/mol. The number of carbonyl (C=O) groups excluding carboxylic acids is 1. The van der Waals surface area contributed by atoms with Crippen LogP contribution in [-0.4, -0.2) is 20.9 Å². The average Bonchev–Trinajstić information content (AvgIpc) is 2.99. The van der Waals surface area contributed by atoms with Gasteiger partial charge < -0.3 is 10.3 Å². The Labute approximate surface area is 136 Å². The number of pyridine rings is 1. The van der Waals surface area contributed by atoms with Crippen LogP contribution in [0.4, 0.5) is 0 Å². The third-order valence-electron chi connectivity index (χ3n) is 4.52. The molecule has 0 spiro atoms. The predicted octanol–water partition coefficient (Wildman–Crippen LogP) is 2.91. The van der Waals surface area contributed by atoms with Crippen LogP contribution in [0.25, 0.3) is 0 Å². The van der Waals surface area contributed by atoms with E-state index in [2.05, 4.69) is 34.1 Å². The maximum Gasteiger partial charge on any atom is 0.223 e. The second kappa shape index (κ2) is 6.52. The Morgan fingerprint density at radius 2 is 2.22 bits per heavy atom. The van der Waals surface area contributed by atoms with Crippen LogP contribution in [0.15, 0.2) is 24.5 Å². The molecule has 2 aromatic heterocycles. The fraction of sp³-hybridized carbons (Fsp3) is 0.500. The van der Waals surface area contributed by atoms with Gasteiger partial charge >= 0.3 is 0 Å². The number of H-pyrrole nitrogens is 1. The van der Waals surface area contributed by atoms with E-state index in [9.17, 15) is 4.79 Å². The summed E-state index contributed by atoms with van der Waals surface area (Å²) >= 11 is 0. The summed E-state index contributed by atoms with van der Waals surface area (Å²) in [6.45, 7) is 6.25. The molecule has 1 aliphatic rings. The molecule has 0 radical (unpaired) electrons. The monoisotopic (exact) mass is 312 g/mol. The van der Waals surface area contributed by atoms with Crippen LogP contribution in [0.3, 0.4) is 0 Å². The van der Waals surface area contributed by atoms with Crippen molar-refractivity contribution in [3.8, 4) is 0 Å². The highest BCUT2D eigenvalue weighted by Gasteiger charge is 2.28. The number of carbonyl (C=O) groups is 1. The first-order chi connectivity index (χ1) is 11.0. The van der Waals surface area contributed by atoms with Crippen molar-refractivity contribution in [1.82, 2.24) is 20.3 Å². The van der Waals surface area contributed by atoms with Crippen molar-refractivity contribution in [1.29, 1.82) is 0 Å². The lowest BCUT2D eigenvalue weighted by Crippen LogP contribution is -2.35. The number of hydrogen-bond acceptors (Lipinski definition) is 3. The highest BCUT2D eigenvalue weighted by Crippen LogP contribution is 2.26. The van der Waals surface area contributed by atoms with Gasteiger partial charge in [-0.3, -0.25) is 9.78 Å². The zero-order valence-corrected chi connectivity index (χ0v) is 14.0. The smallest absolute Gasteiger partial charge is 0.223 e. The molecule has 5 nitrogen and oxygen atoms in total. The predicted molar refractivity (Wildman–Crippen MR) is 89.0 cm³/mol. The molecule has 0 saturated carbocycles. The summed E-state index contributed by atoms with van der Waals surface area (Å²) in [7, 11) is 0. The molecular formula is C18H24N4O. The molecule has 23 heavy (non-hydrogen) atoms. The van der Waals surface area contributed by atoms with Gasteiger partial charge in [0.25, 0.3) is 0 Å². The highest BCUT2D eigenvalue weighted by molar-refractivity contribution is 5.79. The SMILES string of the molecule is CC(C)c1nc2c([nH]1)C[C@@H](C(=O)N[C@@H](C)c1cccnc1)CC2. The molecule has 1 aliphatic carbocycles. The Morgan fingerprint density at radius 3 is 2.91 bits per heavy atom. The van der Waals surface area contributed by atoms with Gasteiger partial charge in [-0.15, -0.1) is 0 Å². The van der Waals surface area contributed by atoms with Crippen molar-refractivity contribution in [2.75, 3.05) is 0 Å². The van der Waals surface area contributed by atoms with E-state index >= 15 is 0 Å². The maximum absolute atomic E-state index is 12.6. The van der Waals surface area contributed by atoms with Crippen molar-refractivity contribution >= 4 is 5.91 Å². The van der Waals surface area contributed by atoms with Gasteiger partial charge in [0, 0.05) is 36.3 Å². The fourth-order valence-corrected chi connectivity index (χ4v) is 3.05. The summed E-state index contributed by atoms with van der Waals surface area (Å²) in [6, 6.07) is 3.86. The first-order valence-corrected chi connectivity index (χ1v) is 8.32. The molecule has 2 atom stereocenters. The minimum atomic E-state index is -0.0226. The van der Waals surface area contributed by atoms with Crippen LogP contribution in [-0.2, 0) is 17.6 Å². The Kier molecular flexibility index (Phi) is 4.46. The van der Waals surface area contributed by atoms with E-state index in [4.69, 9.17) is 0 Å². The minimum absolute atomic E-state index is 0.0158. The first kappa shape index (κ1) is 15.7. The fourth-order valence-electron chi connectivity index (χ4n) is 3.05. The zero-order chi connectivity index (χ0) is 16.4. The van der Waals surface area contributed by atoms with E-state index < -0.39 is 0 Å². The number of rotatable bonds is 4. The Bertz CT molecular complexity index is 678. The molecule has 0 saturated heterocycles. The molecule has 0 aromatic carbocycles. The topological polar surface area (TPSA) is 70.7 Å². The number of aromatic amines is 1. The van der Waals surface area contributed by atoms with Gasteiger partial charge in [0.15, 0.2) is 0 Å². The molecule has 122 valence electrons. The van der Waals surface area contributed by atoms with E-state index in [-0.39, 0.29) is 17.9 Å². The quantitative estimate of drug-likeness (QED) is 0.912. The van der Waals surface area contributed by atoms with Gasteiger partial charge in [0.1, 0.15) is 5.82 Å². The molecule has 0 fully saturated rings. The summed E-state index contributed by atoms with van der Waals surface area (Å²) in [5.74, 6) is 1.55. The number of imidazole rings is 1. The van der Waals surface area contributed by atoms with Crippen LogP contribution in [0, 0.1) is 5.92 Å². The van der Waals surface area contributed by atoms with Crippen molar-refractivity contribution < 1.29 is 4.79 Å². The van der Waals surface area contributed by atoms with Crippen molar-refractivity contribution in [3.63, 3.8) is 0 Å². The standard InChI is InChI=1S/C18H24N4O/c1-11(2)17-21-15-7-6-13(9-16(15)22-17)18(23)20-12(3)14-5-4-8-19-10-14/h4-5,8,10-13H,6-7,9H2,1-3H3,(H,20,23)(H,21,22)/t12-,13-/m0/s1. The third kappa shape index (κ3) is 3.44. The minimum Gasteiger partial charge on any atom is -0.349 e. The number of amides is 1. The molecule has 1 amide bonds. The lowest BCUT2D eigenvalue weighted by atomic mass is 9.89. The maximum atomic E-state index is 12.6. The van der Waals surface area contributed by atoms with Gasteiger partial charge in [-0.1, -0.05) is 19.9 Å². The Morgan fingerprint density at radius 1 is 1.39 bits per heavy atom. The zero-order valence-electron chi connectivity index (χ0n) is 14.0. The average molecular weight is 312 g/mol. The summed E-state index contributed by atoms with van der Waals surface area (Å²) in [5.41, 5.74) is 3.30. The van der Waals surface area contributed by atoms with Gasteiger partial charge in [-0.2, -0.15) is 0 Å². The molecule has 3 rings (SSSR count). The second-order valence-electron chi connectivity index (χ2n) is 6.66. The van der Waals surface area contributed by atoms with Crippen LogP contribution < -0.4 is 5.32 Å². The Hall–Kier alpha value is -2.17. The molecule has 2 heterocycles. The van der Waals surface area contributed by atoms with Gasteiger partial charge in [-0.05, 0) is 31.4 Å². The van der Waals surface area contributed by atoms with E-state index in [0.717, 1.165) is 42.0 Å². The van der Waals surface area contributed by atoms with Crippen LogP contribution in [0.1, 0.15) is 61.9 Å². The molecule has 0 bridgehead atoms. The number of fused-ring (bicyclic) bond motifs is 1. The van der Waals surface area contributed by atoms with Crippen molar-refractivity contribution in [2.45, 2.75) is 52.0 Å². The van der Waals surface area contributed by atoms with Gasteiger partial charge in [0.05, 0.1) is 11.7 Å². The van der Waals surface area contributed by atoms with Gasteiger partial charge in [0.2, 0.25) is 5.91 Å². The van der Waals surface area contributed by atoms with E-state index in [0.29, 0.717) is 5.92 Å². The summed E-state index contributed by atoms with van der Waals surface area (Å²) in [4.78, 5) is 24.7. The van der Waals surface area contributed by atoms with Crippen molar-refractivity contribution in [2.24, 2.45) is 5.92 Å². The molecule has 2 N–H and O–H groups in total. The first-order valence-electron chi connectivity index (χ1n) is 8.32.